The fraction of sp³-hybridized carbons (Fsp3) is 0.360. The lowest BCUT2D eigenvalue weighted by molar-refractivity contribution is -0.117. The molecule has 2 aromatic carbocycles. The lowest BCUT2D eigenvalue weighted by Crippen LogP contribution is -2.41. The lowest BCUT2D eigenvalue weighted by atomic mass is 9.96. The normalized spacial score (nSPS) is 15.0. The molecule has 0 bridgehead atoms. The van der Waals surface area contributed by atoms with Crippen LogP contribution in [-0.4, -0.2) is 27.2 Å². The van der Waals surface area contributed by atoms with Gasteiger partial charge in [0.1, 0.15) is 5.60 Å². The van der Waals surface area contributed by atoms with Gasteiger partial charge in [0.15, 0.2) is 0 Å². The maximum atomic E-state index is 12.8. The number of ether oxygens (including phenoxy) is 1. The third kappa shape index (κ3) is 5.82. The number of carbonyl (C=O) groups excluding carboxylic acids is 2. The first-order valence-electron chi connectivity index (χ1n) is 11.3. The number of aryl methyl sites for hydroxylation is 1. The molecule has 3 N–H and O–H groups in total. The van der Waals surface area contributed by atoms with Crippen molar-refractivity contribution in [3.8, 4) is 0 Å². The molecule has 1 aliphatic heterocycles. The van der Waals surface area contributed by atoms with E-state index in [-0.39, 0.29) is 12.3 Å². The molecule has 10 heteroatoms. The van der Waals surface area contributed by atoms with Gasteiger partial charge >= 0.3 is 17.2 Å². The van der Waals surface area contributed by atoms with Crippen molar-refractivity contribution >= 4 is 44.7 Å². The molecule has 1 aromatic heterocycles. The Hall–Kier alpha value is -3.40. The number of benzene rings is 2. The van der Waals surface area contributed by atoms with Gasteiger partial charge in [0, 0.05) is 29.2 Å². The van der Waals surface area contributed by atoms with Gasteiger partial charge < -0.3 is 20.4 Å². The van der Waals surface area contributed by atoms with Crippen molar-refractivity contribution in [3.05, 3.63) is 72.7 Å². The average Bonchev–Trinajstić information content (AvgIpc) is 2.76. The van der Waals surface area contributed by atoms with Gasteiger partial charge in [-0.05, 0) is 69.0 Å². The first kappa shape index (κ1) is 24.7. The van der Waals surface area contributed by atoms with Gasteiger partial charge in [-0.2, -0.15) is 0 Å². The first-order chi connectivity index (χ1) is 16.5. The Labute approximate surface area is 210 Å². The maximum Gasteiger partial charge on any atom is 0.407 e. The SMILES string of the molecule is CC(C)(C)OC(=O)NCc1ccc(NC(=O)CC2CCc3cc(Br)cc4[nH]c(=O)c(=O)n2c34)cc1. The number of rotatable bonds is 5. The largest absolute Gasteiger partial charge is 0.444 e. The number of hydrogen-bond donors (Lipinski definition) is 3. The molecular formula is C25H27BrN4O5. The number of amides is 2. The fourth-order valence-corrected chi connectivity index (χ4v) is 4.73. The van der Waals surface area contributed by atoms with Crippen LogP contribution in [0.15, 0.2) is 50.5 Å². The summed E-state index contributed by atoms with van der Waals surface area (Å²) in [4.78, 5) is 52.2. The third-order valence-electron chi connectivity index (χ3n) is 5.66. The van der Waals surface area contributed by atoms with Crippen LogP contribution in [0, 0.1) is 0 Å². The number of H-pyrrole nitrogens is 1. The molecule has 184 valence electrons. The number of hydrogen-bond acceptors (Lipinski definition) is 5. The predicted molar refractivity (Wildman–Crippen MR) is 137 cm³/mol. The molecule has 1 aliphatic rings. The van der Waals surface area contributed by atoms with Gasteiger partial charge in [-0.1, -0.05) is 28.1 Å². The molecule has 0 radical (unpaired) electrons. The van der Waals surface area contributed by atoms with E-state index >= 15 is 0 Å². The van der Waals surface area contributed by atoms with E-state index in [9.17, 15) is 19.2 Å². The summed E-state index contributed by atoms with van der Waals surface area (Å²) >= 11 is 3.44. The van der Waals surface area contributed by atoms with E-state index in [1.54, 1.807) is 51.1 Å². The fourth-order valence-electron chi connectivity index (χ4n) is 4.23. The minimum absolute atomic E-state index is 0.0654. The second kappa shape index (κ2) is 9.69. The van der Waals surface area contributed by atoms with E-state index in [0.717, 1.165) is 15.6 Å². The molecule has 2 amide bonds. The Balaban J connectivity index is 1.43. The number of anilines is 1. The highest BCUT2D eigenvalue weighted by Crippen LogP contribution is 2.32. The zero-order valence-corrected chi connectivity index (χ0v) is 21.3. The van der Waals surface area contributed by atoms with E-state index in [1.165, 1.54) is 4.57 Å². The van der Waals surface area contributed by atoms with Gasteiger partial charge in [-0.3, -0.25) is 19.0 Å². The van der Waals surface area contributed by atoms with Crippen LogP contribution in [0.5, 0.6) is 0 Å². The van der Waals surface area contributed by atoms with Crippen LogP contribution in [0.3, 0.4) is 0 Å². The number of carbonyl (C=O) groups is 2. The second-order valence-electron chi connectivity index (χ2n) is 9.59. The van der Waals surface area contributed by atoms with E-state index in [2.05, 4.69) is 31.5 Å². The second-order valence-corrected chi connectivity index (χ2v) is 10.5. The summed E-state index contributed by atoms with van der Waals surface area (Å²) in [6.07, 6.45) is 0.833. The summed E-state index contributed by atoms with van der Waals surface area (Å²) in [7, 11) is 0. The Bertz CT molecular complexity index is 1400. The van der Waals surface area contributed by atoms with Gasteiger partial charge in [0.05, 0.1) is 11.0 Å². The van der Waals surface area contributed by atoms with Crippen molar-refractivity contribution in [3.63, 3.8) is 0 Å². The van der Waals surface area contributed by atoms with Gasteiger partial charge in [-0.15, -0.1) is 0 Å². The Morgan fingerprint density at radius 3 is 2.57 bits per heavy atom. The zero-order chi connectivity index (χ0) is 25.3. The molecule has 1 unspecified atom stereocenters. The minimum Gasteiger partial charge on any atom is -0.444 e. The van der Waals surface area contributed by atoms with Crippen molar-refractivity contribution in [2.24, 2.45) is 0 Å². The summed E-state index contributed by atoms with van der Waals surface area (Å²) in [6, 6.07) is 10.4. The molecule has 3 aromatic rings. The molecule has 2 heterocycles. The van der Waals surface area contributed by atoms with E-state index in [4.69, 9.17) is 4.74 Å². The molecule has 0 fully saturated rings. The molecular weight excluding hydrogens is 516 g/mol. The minimum atomic E-state index is -0.704. The molecule has 1 atom stereocenters. The summed E-state index contributed by atoms with van der Waals surface area (Å²) in [5, 5.41) is 5.54. The number of nitrogens with one attached hydrogen (secondary N) is 3. The average molecular weight is 543 g/mol. The topological polar surface area (TPSA) is 122 Å². The number of nitrogens with zero attached hydrogens (tertiary/aromatic N) is 1. The van der Waals surface area contributed by atoms with Crippen LogP contribution in [0.25, 0.3) is 11.0 Å². The van der Waals surface area contributed by atoms with E-state index in [1.807, 2.05) is 6.07 Å². The predicted octanol–water partition coefficient (Wildman–Crippen LogP) is 3.99. The van der Waals surface area contributed by atoms with Crippen LogP contribution >= 0.6 is 15.9 Å². The van der Waals surface area contributed by atoms with Crippen LogP contribution in [0.1, 0.15) is 50.8 Å². The monoisotopic (exact) mass is 542 g/mol. The highest BCUT2D eigenvalue weighted by atomic mass is 79.9. The summed E-state index contributed by atoms with van der Waals surface area (Å²) in [5.41, 5.74) is 1.71. The Morgan fingerprint density at radius 1 is 1.17 bits per heavy atom. The summed E-state index contributed by atoms with van der Waals surface area (Å²) in [6.45, 7) is 5.68. The van der Waals surface area contributed by atoms with Crippen molar-refractivity contribution in [1.29, 1.82) is 0 Å². The molecule has 4 rings (SSSR count). The van der Waals surface area contributed by atoms with Gasteiger partial charge in [0.2, 0.25) is 5.91 Å². The standard InChI is InChI=1S/C25H27BrN4O5/c1-25(2,3)35-24(34)27-13-14-4-7-17(8-5-14)28-20(31)12-18-9-6-15-10-16(26)11-19-21(15)30(18)23(33)22(32)29-19/h4-5,7-8,10-11,18H,6,9,12-13H2,1-3H3,(H,27,34)(H,28,31)(H,29,32). The Morgan fingerprint density at radius 2 is 1.89 bits per heavy atom. The van der Waals surface area contributed by atoms with Crippen molar-refractivity contribution in [1.82, 2.24) is 14.9 Å². The van der Waals surface area contributed by atoms with E-state index < -0.39 is 28.9 Å². The van der Waals surface area contributed by atoms with Crippen LogP contribution in [-0.2, 0) is 22.5 Å². The maximum absolute atomic E-state index is 12.8. The van der Waals surface area contributed by atoms with Crippen molar-refractivity contribution in [2.75, 3.05) is 5.32 Å². The molecule has 0 aliphatic carbocycles. The van der Waals surface area contributed by atoms with E-state index in [0.29, 0.717) is 36.1 Å². The van der Waals surface area contributed by atoms with Crippen LogP contribution < -0.4 is 21.8 Å². The number of halogens is 1. The lowest BCUT2D eigenvalue weighted by Gasteiger charge is -2.27. The van der Waals surface area contributed by atoms with Crippen LogP contribution in [0.4, 0.5) is 10.5 Å². The third-order valence-corrected chi connectivity index (χ3v) is 6.12. The Kier molecular flexibility index (Phi) is 6.84. The zero-order valence-electron chi connectivity index (χ0n) is 19.7. The van der Waals surface area contributed by atoms with Gasteiger partial charge in [0.25, 0.3) is 0 Å². The number of alkyl carbamates (subject to hydrolysis) is 1. The molecule has 9 nitrogen and oxygen atoms in total. The summed E-state index contributed by atoms with van der Waals surface area (Å²) in [5.74, 6) is -0.254. The first-order valence-corrected chi connectivity index (χ1v) is 12.1. The smallest absolute Gasteiger partial charge is 0.407 e. The highest BCUT2D eigenvalue weighted by Gasteiger charge is 2.26. The summed E-state index contributed by atoms with van der Waals surface area (Å²) < 4.78 is 7.50. The van der Waals surface area contributed by atoms with Gasteiger partial charge in [-0.25, -0.2) is 4.79 Å². The molecule has 0 saturated carbocycles. The van der Waals surface area contributed by atoms with Crippen molar-refractivity contribution < 1.29 is 14.3 Å². The quantitative estimate of drug-likeness (QED) is 0.420. The molecule has 0 spiro atoms. The molecule has 0 saturated heterocycles. The van der Waals surface area contributed by atoms with Crippen molar-refractivity contribution in [2.45, 2.75) is 58.2 Å². The highest BCUT2D eigenvalue weighted by molar-refractivity contribution is 9.10. The number of aromatic nitrogens is 2. The number of aromatic amines is 1. The van der Waals surface area contributed by atoms with Crippen LogP contribution in [0.2, 0.25) is 0 Å². The molecule has 35 heavy (non-hydrogen) atoms.